The zero-order valence-electron chi connectivity index (χ0n) is 22.0. The van der Waals surface area contributed by atoms with E-state index in [1.807, 2.05) is 24.0 Å². The van der Waals surface area contributed by atoms with Gasteiger partial charge in [-0.15, -0.1) is 0 Å². The molecule has 1 aromatic heterocycles. The van der Waals surface area contributed by atoms with Gasteiger partial charge >= 0.3 is 6.18 Å². The summed E-state index contributed by atoms with van der Waals surface area (Å²) in [4.78, 5) is 30.6. The van der Waals surface area contributed by atoms with Gasteiger partial charge in [0.25, 0.3) is 5.91 Å². The number of halogens is 3. The Bertz CT molecular complexity index is 1090. The average Bonchev–Trinajstić information content (AvgIpc) is 3.37. The number of rotatable bonds is 3. The number of fused-ring (bicyclic) bond motifs is 2. The van der Waals surface area contributed by atoms with E-state index in [0.717, 1.165) is 74.9 Å². The fraction of sp³-hybridized carbons (Fsp3) is 0.607. The van der Waals surface area contributed by atoms with E-state index in [1.54, 1.807) is 17.0 Å². The topological polar surface area (TPSA) is 67.7 Å². The highest BCUT2D eigenvalue weighted by atomic mass is 19.4. The van der Waals surface area contributed by atoms with Crippen LogP contribution in [-0.2, 0) is 17.5 Å². The molecule has 2 heterocycles. The molecule has 0 radical (unpaired) electrons. The summed E-state index contributed by atoms with van der Waals surface area (Å²) in [7, 11) is 0. The van der Waals surface area contributed by atoms with Crippen LogP contribution in [0.3, 0.4) is 0 Å². The second-order valence-corrected chi connectivity index (χ2v) is 10.2. The number of amides is 2. The van der Waals surface area contributed by atoms with E-state index in [2.05, 4.69) is 5.10 Å². The number of nitrogens with zero attached hydrogens (tertiary/aromatic N) is 4. The molecule has 208 valence electrons. The summed E-state index contributed by atoms with van der Waals surface area (Å²) in [5, 5.41) is 3.79. The van der Waals surface area contributed by atoms with Crippen molar-refractivity contribution in [2.45, 2.75) is 89.6 Å². The van der Waals surface area contributed by atoms with Crippen molar-refractivity contribution in [1.82, 2.24) is 19.6 Å². The Balaban J connectivity index is 1.61. The lowest BCUT2D eigenvalue weighted by Crippen LogP contribution is -2.52. The maximum Gasteiger partial charge on any atom is 0.419 e. The molecule has 10 heteroatoms. The van der Waals surface area contributed by atoms with E-state index < -0.39 is 11.7 Å². The monoisotopic (exact) mass is 534 g/mol. The molecule has 1 aromatic carbocycles. The lowest BCUT2D eigenvalue weighted by Gasteiger charge is -2.40. The third-order valence-corrected chi connectivity index (χ3v) is 7.54. The van der Waals surface area contributed by atoms with Crippen molar-refractivity contribution in [2.24, 2.45) is 0 Å². The summed E-state index contributed by atoms with van der Waals surface area (Å²) in [5.41, 5.74) is -0.355. The molecule has 2 aromatic rings. The van der Waals surface area contributed by atoms with Crippen LogP contribution in [0.1, 0.15) is 80.6 Å². The Morgan fingerprint density at radius 3 is 2.47 bits per heavy atom. The summed E-state index contributed by atoms with van der Waals surface area (Å²) in [6.45, 7) is 3.53. The summed E-state index contributed by atoms with van der Waals surface area (Å²) >= 11 is 0. The number of carbonyl (C=O) groups excluding carboxylic acids is 2. The van der Waals surface area contributed by atoms with Crippen molar-refractivity contribution in [3.63, 3.8) is 0 Å². The summed E-state index contributed by atoms with van der Waals surface area (Å²) in [5.74, 6) is 0.183. The van der Waals surface area contributed by atoms with Gasteiger partial charge < -0.3 is 14.5 Å². The maximum atomic E-state index is 13.5. The van der Waals surface area contributed by atoms with Crippen LogP contribution in [0, 0.1) is 0 Å². The van der Waals surface area contributed by atoms with Crippen LogP contribution in [0.5, 0.6) is 5.75 Å². The normalized spacial score (nSPS) is 22.1. The van der Waals surface area contributed by atoms with Crippen LogP contribution in [0.25, 0.3) is 0 Å². The smallest absolute Gasteiger partial charge is 0.419 e. The second kappa shape index (κ2) is 12.7. The highest BCUT2D eigenvalue weighted by Gasteiger charge is 2.36. The summed E-state index contributed by atoms with van der Waals surface area (Å²) in [6, 6.07) is 7.03. The van der Waals surface area contributed by atoms with Gasteiger partial charge in [0.05, 0.1) is 23.4 Å². The minimum absolute atomic E-state index is 0.0579. The molecular formula is C28H37F3N4O3. The average molecular weight is 535 g/mol. The summed E-state index contributed by atoms with van der Waals surface area (Å²) < 4.78 is 46.8. The first-order valence-corrected chi connectivity index (χ1v) is 13.7. The number of hydrogen-bond acceptors (Lipinski definition) is 4. The third kappa shape index (κ3) is 6.88. The van der Waals surface area contributed by atoms with Crippen LogP contribution in [0.4, 0.5) is 13.2 Å². The first-order chi connectivity index (χ1) is 18.3. The van der Waals surface area contributed by atoms with E-state index in [9.17, 15) is 22.8 Å². The molecule has 7 nitrogen and oxygen atoms in total. The molecule has 1 aliphatic heterocycles. The van der Waals surface area contributed by atoms with Crippen LogP contribution in [0.15, 0.2) is 36.7 Å². The fourth-order valence-electron chi connectivity index (χ4n) is 5.47. The number of ether oxygens (including phenoxy) is 1. The maximum absolute atomic E-state index is 13.5. The molecule has 0 unspecified atom stereocenters. The number of benzene rings is 1. The molecule has 38 heavy (non-hydrogen) atoms. The van der Waals surface area contributed by atoms with Crippen LogP contribution >= 0.6 is 0 Å². The van der Waals surface area contributed by atoms with Crippen molar-refractivity contribution in [1.29, 1.82) is 0 Å². The number of hydrogen-bond donors (Lipinski definition) is 0. The highest BCUT2D eigenvalue weighted by Crippen LogP contribution is 2.31. The Labute approximate surface area is 221 Å². The quantitative estimate of drug-likeness (QED) is 0.518. The third-order valence-electron chi connectivity index (χ3n) is 7.54. The van der Waals surface area contributed by atoms with Crippen molar-refractivity contribution in [2.75, 3.05) is 19.6 Å². The molecule has 4 rings (SSSR count). The number of alkyl halides is 3. The minimum Gasteiger partial charge on any atom is -0.487 e. The van der Waals surface area contributed by atoms with Gasteiger partial charge in [0.2, 0.25) is 5.91 Å². The van der Waals surface area contributed by atoms with Crippen LogP contribution in [-0.4, -0.2) is 63.2 Å². The Morgan fingerprint density at radius 2 is 1.74 bits per heavy atom. The van der Waals surface area contributed by atoms with Crippen LogP contribution < -0.4 is 4.74 Å². The predicted octanol–water partition coefficient (Wildman–Crippen LogP) is 5.55. The molecule has 0 spiro atoms. The molecule has 1 saturated carbocycles. The Morgan fingerprint density at radius 1 is 1.03 bits per heavy atom. The molecule has 2 amide bonds. The lowest BCUT2D eigenvalue weighted by molar-refractivity contribution is -0.139. The van der Waals surface area contributed by atoms with E-state index in [0.29, 0.717) is 30.9 Å². The molecule has 0 N–H and O–H groups in total. The number of aromatic nitrogens is 2. The predicted molar refractivity (Wildman–Crippen MR) is 137 cm³/mol. The van der Waals surface area contributed by atoms with Crippen molar-refractivity contribution >= 4 is 11.8 Å². The lowest BCUT2D eigenvalue weighted by atomic mass is 9.90. The zero-order chi connectivity index (χ0) is 27.1. The molecule has 0 saturated heterocycles. The number of carbonyl (C=O) groups is 2. The van der Waals surface area contributed by atoms with Gasteiger partial charge in [0, 0.05) is 25.8 Å². The van der Waals surface area contributed by atoms with E-state index in [4.69, 9.17) is 4.74 Å². The van der Waals surface area contributed by atoms with Crippen LogP contribution in [0.2, 0.25) is 0 Å². The molecular weight excluding hydrogens is 497 g/mol. The van der Waals surface area contributed by atoms with Crippen molar-refractivity contribution in [3.8, 4) is 5.75 Å². The summed E-state index contributed by atoms with van der Waals surface area (Å²) in [6.07, 6.45) is 4.74. The van der Waals surface area contributed by atoms with Gasteiger partial charge in [-0.05, 0) is 51.2 Å². The second-order valence-electron chi connectivity index (χ2n) is 10.2. The molecule has 0 bridgehead atoms. The molecule has 1 aliphatic carbocycles. The zero-order valence-corrected chi connectivity index (χ0v) is 22.0. The van der Waals surface area contributed by atoms with Crippen molar-refractivity contribution < 1.29 is 27.5 Å². The van der Waals surface area contributed by atoms with Gasteiger partial charge in [-0.3, -0.25) is 14.3 Å². The van der Waals surface area contributed by atoms with Gasteiger partial charge in [-0.1, -0.05) is 37.8 Å². The van der Waals surface area contributed by atoms with Crippen molar-refractivity contribution in [3.05, 3.63) is 47.8 Å². The van der Waals surface area contributed by atoms with Gasteiger partial charge in [0.1, 0.15) is 18.4 Å². The molecule has 2 atom stereocenters. The van der Waals surface area contributed by atoms with Gasteiger partial charge in [-0.2, -0.15) is 18.3 Å². The Kier molecular flexibility index (Phi) is 9.33. The first-order valence-electron chi connectivity index (χ1n) is 13.7. The fourth-order valence-corrected chi connectivity index (χ4v) is 5.47. The highest BCUT2D eigenvalue weighted by molar-refractivity contribution is 5.97. The minimum atomic E-state index is -4.51. The molecule has 2 aliphatic rings. The SMILES string of the molecule is CCN1CCCCCCCN(C(=O)Cn2cc(C(F)(F)F)cn2)[C@@H]2CCCC[C@@H]2Oc2ccccc2C1=O. The largest absolute Gasteiger partial charge is 0.487 e. The van der Waals surface area contributed by atoms with Gasteiger partial charge in [-0.25, -0.2) is 0 Å². The van der Waals surface area contributed by atoms with E-state index >= 15 is 0 Å². The number of para-hydroxylation sites is 1. The first kappa shape index (κ1) is 28.0. The van der Waals surface area contributed by atoms with E-state index in [1.165, 1.54) is 0 Å². The standard InChI is InChI=1S/C28H37F3N4O3/c1-2-33-16-10-4-3-5-11-17-35(26(36)20-34-19-21(18-32-34)28(29,30)31)23-13-7-9-15-25(23)38-24-14-8-6-12-22(24)27(33)37/h6,8,12,14,18-19,23,25H,2-5,7,9-11,13,15-17,20H2,1H3/t23-,25+/m1/s1. The van der Waals surface area contributed by atoms with Gasteiger partial charge in [0.15, 0.2) is 0 Å². The van der Waals surface area contributed by atoms with E-state index in [-0.39, 0.29) is 30.5 Å². The Hall–Kier alpha value is -3.04. The molecule has 1 fully saturated rings.